The first-order valence-electron chi connectivity index (χ1n) is 4.85. The third-order valence-electron chi connectivity index (χ3n) is 1.74. The molecule has 5 nitrogen and oxygen atoms in total. The zero-order chi connectivity index (χ0) is 10.4. The van der Waals surface area contributed by atoms with Gasteiger partial charge in [-0.25, -0.2) is 0 Å². The van der Waals surface area contributed by atoms with Crippen molar-refractivity contribution in [2.24, 2.45) is 4.99 Å². The van der Waals surface area contributed by atoms with Gasteiger partial charge in [0.25, 0.3) is 0 Å². The molecule has 0 radical (unpaired) electrons. The van der Waals surface area contributed by atoms with Gasteiger partial charge in [0, 0.05) is 6.54 Å². The molecule has 0 amide bonds. The number of hydrogen-bond acceptors (Lipinski definition) is 5. The average molecular weight is 257 g/mol. The molecule has 7 heteroatoms. The third kappa shape index (κ3) is 4.98. The van der Waals surface area contributed by atoms with Crippen LogP contribution in [0.15, 0.2) is 4.99 Å². The zero-order valence-corrected chi connectivity index (χ0v) is 10.8. The van der Waals surface area contributed by atoms with Gasteiger partial charge in [-0.2, -0.15) is 0 Å². The molecule has 0 saturated carbocycles. The summed E-state index contributed by atoms with van der Waals surface area (Å²) >= 11 is 0. The Labute approximate surface area is 96.6 Å². The van der Waals surface area contributed by atoms with Crippen LogP contribution in [-0.4, -0.2) is 38.3 Å². The summed E-state index contributed by atoms with van der Waals surface area (Å²) in [5.74, 6) is 0.732. The van der Waals surface area contributed by atoms with Crippen molar-refractivity contribution in [3.63, 3.8) is 0 Å². The van der Waals surface area contributed by atoms with E-state index in [-0.39, 0.29) is 18.6 Å². The maximum atomic E-state index is 12.0. The predicted molar refractivity (Wildman–Crippen MR) is 63.3 cm³/mol. The van der Waals surface area contributed by atoms with Gasteiger partial charge in [0.1, 0.15) is 12.0 Å². The largest absolute Gasteiger partial charge is 0.371 e. The van der Waals surface area contributed by atoms with Crippen molar-refractivity contribution in [1.29, 1.82) is 0 Å². The zero-order valence-electron chi connectivity index (χ0n) is 9.06. The van der Waals surface area contributed by atoms with Crippen molar-refractivity contribution >= 4 is 25.8 Å². The lowest BCUT2D eigenvalue weighted by molar-refractivity contribution is 0.223. The van der Waals surface area contributed by atoms with Crippen LogP contribution in [0.4, 0.5) is 0 Å². The maximum absolute atomic E-state index is 12.0. The van der Waals surface area contributed by atoms with Gasteiger partial charge >= 0.3 is 7.60 Å². The second-order valence-electron chi connectivity index (χ2n) is 2.86. The van der Waals surface area contributed by atoms with Crippen LogP contribution in [0.2, 0.25) is 0 Å². The quantitative estimate of drug-likeness (QED) is 0.735. The Balaban J connectivity index is 0.00000196. The van der Waals surface area contributed by atoms with E-state index >= 15 is 0 Å². The Morgan fingerprint density at radius 3 is 2.40 bits per heavy atom. The van der Waals surface area contributed by atoms with Crippen LogP contribution in [-0.2, 0) is 13.6 Å². The molecule has 0 unspecified atom stereocenters. The van der Waals surface area contributed by atoms with Gasteiger partial charge in [0.05, 0.1) is 19.8 Å². The van der Waals surface area contributed by atoms with Crippen molar-refractivity contribution in [1.82, 2.24) is 5.32 Å². The number of amidine groups is 1. The molecule has 90 valence electrons. The van der Waals surface area contributed by atoms with E-state index in [1.165, 1.54) is 0 Å². The van der Waals surface area contributed by atoms with Gasteiger partial charge in [-0.3, -0.25) is 9.56 Å². The van der Waals surface area contributed by atoms with E-state index in [4.69, 9.17) is 9.05 Å². The summed E-state index contributed by atoms with van der Waals surface area (Å²) in [5, 5.41) is 3.05. The molecule has 0 atom stereocenters. The second-order valence-corrected chi connectivity index (χ2v) is 4.91. The van der Waals surface area contributed by atoms with E-state index in [1.807, 2.05) is 0 Å². The Morgan fingerprint density at radius 1 is 1.40 bits per heavy atom. The molecule has 0 saturated heterocycles. The topological polar surface area (TPSA) is 59.9 Å². The number of nitrogens with one attached hydrogen (secondary N) is 1. The van der Waals surface area contributed by atoms with E-state index in [0.29, 0.717) is 13.2 Å². The molecule has 15 heavy (non-hydrogen) atoms. The lowest BCUT2D eigenvalue weighted by Gasteiger charge is -2.16. The molecule has 1 aliphatic rings. The van der Waals surface area contributed by atoms with Gasteiger partial charge < -0.3 is 14.4 Å². The Hall–Kier alpha value is -0.0900. The van der Waals surface area contributed by atoms with Gasteiger partial charge in [-0.15, -0.1) is 12.4 Å². The first kappa shape index (κ1) is 14.9. The highest BCUT2D eigenvalue weighted by Crippen LogP contribution is 2.47. The SMILES string of the molecule is CCOP(=O)(CC1=NCCN1)OCC.Cl. The van der Waals surface area contributed by atoms with Crippen LogP contribution < -0.4 is 5.32 Å². The van der Waals surface area contributed by atoms with Crippen molar-refractivity contribution in [2.75, 3.05) is 32.5 Å². The van der Waals surface area contributed by atoms with Crippen molar-refractivity contribution in [2.45, 2.75) is 13.8 Å². The van der Waals surface area contributed by atoms with Crippen LogP contribution in [0.3, 0.4) is 0 Å². The summed E-state index contributed by atoms with van der Waals surface area (Å²) in [6, 6.07) is 0. The highest BCUT2D eigenvalue weighted by atomic mass is 35.5. The van der Waals surface area contributed by atoms with Gasteiger partial charge in [-0.1, -0.05) is 0 Å². The third-order valence-corrected chi connectivity index (χ3v) is 3.73. The summed E-state index contributed by atoms with van der Waals surface area (Å²) in [4.78, 5) is 4.16. The average Bonchev–Trinajstić information content (AvgIpc) is 2.57. The molecular weight excluding hydrogens is 239 g/mol. The molecular formula is C8H18ClN2O3P. The molecule has 1 rings (SSSR count). The van der Waals surface area contributed by atoms with Crippen LogP contribution in [0.1, 0.15) is 13.8 Å². The molecule has 0 fully saturated rings. The standard InChI is InChI=1S/C8H17N2O3P.ClH/c1-3-12-14(11,13-4-2)7-8-9-5-6-10-8;/h3-7H2,1-2H3,(H,9,10);1H. The molecule has 0 aliphatic carbocycles. The summed E-state index contributed by atoms with van der Waals surface area (Å²) < 4.78 is 22.3. The minimum atomic E-state index is -2.96. The van der Waals surface area contributed by atoms with E-state index in [0.717, 1.165) is 18.9 Å². The van der Waals surface area contributed by atoms with E-state index in [2.05, 4.69) is 10.3 Å². The number of nitrogens with zero attached hydrogens (tertiary/aromatic N) is 1. The fraction of sp³-hybridized carbons (Fsp3) is 0.875. The highest BCUT2D eigenvalue weighted by Gasteiger charge is 2.26. The molecule has 0 spiro atoms. The van der Waals surface area contributed by atoms with Crippen LogP contribution in [0, 0.1) is 0 Å². The molecule has 0 aromatic carbocycles. The number of halogens is 1. The smallest absolute Gasteiger partial charge is 0.338 e. The van der Waals surface area contributed by atoms with Gasteiger partial charge in [0.2, 0.25) is 0 Å². The lowest BCUT2D eigenvalue weighted by atomic mass is 10.7. The van der Waals surface area contributed by atoms with E-state index in [1.54, 1.807) is 13.8 Å². The van der Waals surface area contributed by atoms with Crippen molar-refractivity contribution in [3.8, 4) is 0 Å². The first-order valence-corrected chi connectivity index (χ1v) is 6.58. The highest BCUT2D eigenvalue weighted by molar-refractivity contribution is 7.54. The molecule has 0 bridgehead atoms. The fourth-order valence-corrected chi connectivity index (χ4v) is 2.88. The summed E-state index contributed by atoms with van der Waals surface area (Å²) in [6.07, 6.45) is 0.259. The summed E-state index contributed by atoms with van der Waals surface area (Å²) in [6.45, 7) is 5.95. The van der Waals surface area contributed by atoms with Crippen molar-refractivity contribution in [3.05, 3.63) is 0 Å². The van der Waals surface area contributed by atoms with Gasteiger partial charge in [0.15, 0.2) is 0 Å². The van der Waals surface area contributed by atoms with Gasteiger partial charge in [-0.05, 0) is 13.8 Å². The van der Waals surface area contributed by atoms with E-state index < -0.39 is 7.60 Å². The Morgan fingerprint density at radius 2 is 2.00 bits per heavy atom. The summed E-state index contributed by atoms with van der Waals surface area (Å²) in [5.41, 5.74) is 0. The molecule has 1 heterocycles. The fourth-order valence-electron chi connectivity index (χ4n) is 1.26. The molecule has 1 N–H and O–H groups in total. The Kier molecular flexibility index (Phi) is 7.18. The van der Waals surface area contributed by atoms with Crippen LogP contribution >= 0.6 is 20.0 Å². The Bertz CT molecular complexity index is 250. The number of rotatable bonds is 6. The monoisotopic (exact) mass is 256 g/mol. The normalized spacial score (nSPS) is 15.5. The first-order chi connectivity index (χ1) is 6.70. The minimum Gasteiger partial charge on any atom is -0.371 e. The van der Waals surface area contributed by atoms with Crippen molar-refractivity contribution < 1.29 is 13.6 Å². The molecule has 1 aliphatic heterocycles. The number of aliphatic imine (C=N–C) groups is 1. The van der Waals surface area contributed by atoms with Crippen LogP contribution in [0.5, 0.6) is 0 Å². The second kappa shape index (κ2) is 7.23. The maximum Gasteiger partial charge on any atom is 0.338 e. The minimum absolute atomic E-state index is 0. The molecule has 0 aromatic rings. The molecule has 0 aromatic heterocycles. The predicted octanol–water partition coefficient (Wildman–Crippen LogP) is 1.68. The number of hydrogen-bond donors (Lipinski definition) is 1. The lowest BCUT2D eigenvalue weighted by Crippen LogP contribution is -2.23. The van der Waals surface area contributed by atoms with Crippen LogP contribution in [0.25, 0.3) is 0 Å². The summed E-state index contributed by atoms with van der Waals surface area (Å²) in [7, 11) is -2.96. The van der Waals surface area contributed by atoms with E-state index in [9.17, 15) is 4.57 Å².